The van der Waals surface area contributed by atoms with Gasteiger partial charge in [0.1, 0.15) is 6.33 Å². The quantitative estimate of drug-likeness (QED) is 0.811. The lowest BCUT2D eigenvalue weighted by molar-refractivity contribution is 0.203. The van der Waals surface area contributed by atoms with Crippen LogP contribution in [0.5, 0.6) is 0 Å². The van der Waals surface area contributed by atoms with Crippen LogP contribution in [-0.4, -0.2) is 26.1 Å². The number of aromatic nitrogens is 2. The molecule has 78 valence electrons. The van der Waals surface area contributed by atoms with Crippen LogP contribution in [0.3, 0.4) is 0 Å². The molecular formula is C10H16N2OS. The second-order valence-electron chi connectivity index (χ2n) is 3.24. The van der Waals surface area contributed by atoms with Crippen LogP contribution in [0.4, 0.5) is 0 Å². The van der Waals surface area contributed by atoms with Crippen molar-refractivity contribution in [1.29, 1.82) is 0 Å². The van der Waals surface area contributed by atoms with Crippen molar-refractivity contribution in [2.45, 2.75) is 31.6 Å². The first kappa shape index (κ1) is 11.5. The molecule has 0 fully saturated rings. The molecule has 1 rings (SSSR count). The third kappa shape index (κ3) is 3.64. The molecule has 0 spiro atoms. The van der Waals surface area contributed by atoms with Crippen molar-refractivity contribution in [3.63, 3.8) is 0 Å². The maximum atomic E-state index is 9.76. The Morgan fingerprint density at radius 1 is 1.43 bits per heavy atom. The lowest BCUT2D eigenvalue weighted by atomic mass is 10.2. The molecular weight excluding hydrogens is 196 g/mol. The second kappa shape index (κ2) is 5.98. The van der Waals surface area contributed by atoms with Gasteiger partial charge in [0, 0.05) is 29.0 Å². The summed E-state index contributed by atoms with van der Waals surface area (Å²) in [6.45, 7) is 4.31. The van der Waals surface area contributed by atoms with Gasteiger partial charge in [-0.3, -0.25) is 0 Å². The molecule has 2 unspecified atom stereocenters. The molecule has 1 heterocycles. The summed E-state index contributed by atoms with van der Waals surface area (Å²) in [6, 6.07) is 0. The highest BCUT2D eigenvalue weighted by molar-refractivity contribution is 7.99. The van der Waals surface area contributed by atoms with Crippen molar-refractivity contribution < 1.29 is 5.11 Å². The van der Waals surface area contributed by atoms with E-state index in [0.29, 0.717) is 11.0 Å². The summed E-state index contributed by atoms with van der Waals surface area (Å²) in [7, 11) is 0. The van der Waals surface area contributed by atoms with Crippen LogP contribution in [0, 0.1) is 0 Å². The highest BCUT2D eigenvalue weighted by atomic mass is 32.2. The van der Waals surface area contributed by atoms with E-state index in [-0.39, 0.29) is 0 Å². The van der Waals surface area contributed by atoms with Crippen molar-refractivity contribution in [2.24, 2.45) is 0 Å². The molecule has 2 atom stereocenters. The fourth-order valence-electron chi connectivity index (χ4n) is 0.952. The summed E-state index contributed by atoms with van der Waals surface area (Å²) in [5.41, 5.74) is 0.795. The molecule has 0 radical (unpaired) electrons. The minimum Gasteiger partial charge on any atom is -0.387 e. The zero-order valence-corrected chi connectivity index (χ0v) is 9.37. The molecule has 0 saturated carbocycles. The first-order valence-corrected chi connectivity index (χ1v) is 5.83. The van der Waals surface area contributed by atoms with Crippen LogP contribution >= 0.6 is 11.8 Å². The third-order valence-electron chi connectivity index (χ3n) is 2.08. The number of thioether (sulfide) groups is 1. The molecule has 14 heavy (non-hydrogen) atoms. The average Bonchev–Trinajstić information content (AvgIpc) is 2.26. The van der Waals surface area contributed by atoms with E-state index in [1.54, 1.807) is 24.2 Å². The predicted molar refractivity (Wildman–Crippen MR) is 59.2 cm³/mol. The summed E-state index contributed by atoms with van der Waals surface area (Å²) in [6.07, 6.45) is 5.47. The summed E-state index contributed by atoms with van der Waals surface area (Å²) >= 11 is 1.77. The van der Waals surface area contributed by atoms with Crippen molar-refractivity contribution in [1.82, 2.24) is 9.97 Å². The van der Waals surface area contributed by atoms with Gasteiger partial charge in [-0.1, -0.05) is 13.8 Å². The Morgan fingerprint density at radius 3 is 2.64 bits per heavy atom. The van der Waals surface area contributed by atoms with E-state index >= 15 is 0 Å². The number of nitrogens with zero attached hydrogens (tertiary/aromatic N) is 2. The Kier molecular flexibility index (Phi) is 4.90. The van der Waals surface area contributed by atoms with Crippen LogP contribution in [-0.2, 0) is 0 Å². The van der Waals surface area contributed by atoms with Gasteiger partial charge in [-0.2, -0.15) is 11.8 Å². The SMILES string of the molecule is CCC(C)SCC(O)c1cncnc1. The molecule has 3 nitrogen and oxygen atoms in total. The van der Waals surface area contributed by atoms with Crippen LogP contribution in [0.25, 0.3) is 0 Å². The average molecular weight is 212 g/mol. The standard InChI is InChI=1S/C10H16N2OS/c1-3-8(2)14-6-10(13)9-4-11-7-12-5-9/h4-5,7-8,10,13H,3,6H2,1-2H3. The van der Waals surface area contributed by atoms with E-state index < -0.39 is 6.10 Å². The van der Waals surface area contributed by atoms with E-state index in [0.717, 1.165) is 12.0 Å². The number of hydrogen-bond acceptors (Lipinski definition) is 4. The van der Waals surface area contributed by atoms with Crippen LogP contribution in [0.2, 0.25) is 0 Å². The van der Waals surface area contributed by atoms with Crippen LogP contribution in [0.1, 0.15) is 31.9 Å². The molecule has 0 saturated heterocycles. The van der Waals surface area contributed by atoms with Gasteiger partial charge >= 0.3 is 0 Å². The maximum Gasteiger partial charge on any atom is 0.115 e. The minimum absolute atomic E-state index is 0.449. The third-order valence-corrected chi connectivity index (χ3v) is 3.49. The van der Waals surface area contributed by atoms with Crippen molar-refractivity contribution in [3.8, 4) is 0 Å². The van der Waals surface area contributed by atoms with Gasteiger partial charge in [0.15, 0.2) is 0 Å². The maximum absolute atomic E-state index is 9.76. The summed E-state index contributed by atoms with van der Waals surface area (Å²) < 4.78 is 0. The lowest BCUT2D eigenvalue weighted by Crippen LogP contribution is -2.05. The number of aliphatic hydroxyl groups excluding tert-OH is 1. The molecule has 4 heteroatoms. The van der Waals surface area contributed by atoms with Gasteiger partial charge in [0.25, 0.3) is 0 Å². The first-order chi connectivity index (χ1) is 6.74. The van der Waals surface area contributed by atoms with Crippen molar-refractivity contribution in [3.05, 3.63) is 24.3 Å². The van der Waals surface area contributed by atoms with E-state index in [1.807, 2.05) is 0 Å². The molecule has 0 bridgehead atoms. The van der Waals surface area contributed by atoms with E-state index in [9.17, 15) is 5.11 Å². The fourth-order valence-corrected chi connectivity index (χ4v) is 1.89. The molecule has 0 aliphatic heterocycles. The number of hydrogen-bond donors (Lipinski definition) is 1. The fraction of sp³-hybridized carbons (Fsp3) is 0.600. The Morgan fingerprint density at radius 2 is 2.07 bits per heavy atom. The lowest BCUT2D eigenvalue weighted by Gasteiger charge is -2.12. The van der Waals surface area contributed by atoms with Crippen molar-refractivity contribution >= 4 is 11.8 Å². The molecule has 0 aliphatic carbocycles. The molecule has 0 aliphatic rings. The predicted octanol–water partition coefficient (Wildman–Crippen LogP) is 2.04. The van der Waals surface area contributed by atoms with Gasteiger partial charge in [0.2, 0.25) is 0 Å². The van der Waals surface area contributed by atoms with Gasteiger partial charge in [-0.15, -0.1) is 0 Å². The van der Waals surface area contributed by atoms with Crippen LogP contribution < -0.4 is 0 Å². The summed E-state index contributed by atoms with van der Waals surface area (Å²) in [5, 5.41) is 10.4. The van der Waals surface area contributed by atoms with Gasteiger partial charge in [-0.25, -0.2) is 9.97 Å². The van der Waals surface area contributed by atoms with Gasteiger partial charge in [-0.05, 0) is 6.42 Å². The molecule has 1 aromatic heterocycles. The molecule has 0 aromatic carbocycles. The van der Waals surface area contributed by atoms with E-state index in [2.05, 4.69) is 23.8 Å². The Bertz CT molecular complexity index is 256. The van der Waals surface area contributed by atoms with Gasteiger partial charge in [0.05, 0.1) is 6.10 Å². The largest absolute Gasteiger partial charge is 0.387 e. The Hall–Kier alpha value is -0.610. The Labute approximate surface area is 89.0 Å². The number of rotatable bonds is 5. The number of aliphatic hydroxyl groups is 1. The molecule has 1 N–H and O–H groups in total. The smallest absolute Gasteiger partial charge is 0.115 e. The second-order valence-corrected chi connectivity index (χ2v) is 4.71. The highest BCUT2D eigenvalue weighted by Gasteiger charge is 2.09. The van der Waals surface area contributed by atoms with E-state index in [1.165, 1.54) is 6.33 Å². The van der Waals surface area contributed by atoms with Crippen molar-refractivity contribution in [2.75, 3.05) is 5.75 Å². The zero-order valence-electron chi connectivity index (χ0n) is 8.55. The normalized spacial score (nSPS) is 15.1. The zero-order chi connectivity index (χ0) is 10.4. The van der Waals surface area contributed by atoms with Gasteiger partial charge < -0.3 is 5.11 Å². The summed E-state index contributed by atoms with van der Waals surface area (Å²) in [5.74, 6) is 0.711. The topological polar surface area (TPSA) is 46.0 Å². The summed E-state index contributed by atoms with van der Waals surface area (Å²) in [4.78, 5) is 7.75. The Balaban J connectivity index is 2.39. The van der Waals surface area contributed by atoms with E-state index in [4.69, 9.17) is 0 Å². The minimum atomic E-state index is -0.449. The monoisotopic (exact) mass is 212 g/mol. The first-order valence-electron chi connectivity index (χ1n) is 4.78. The molecule has 1 aromatic rings. The highest BCUT2D eigenvalue weighted by Crippen LogP contribution is 2.21. The van der Waals surface area contributed by atoms with Crippen LogP contribution in [0.15, 0.2) is 18.7 Å². The molecule has 0 amide bonds.